The van der Waals surface area contributed by atoms with Crippen LogP contribution in [0.1, 0.15) is 12.8 Å². The molecule has 25 heavy (non-hydrogen) atoms. The molecule has 1 unspecified atom stereocenters. The van der Waals surface area contributed by atoms with Crippen LogP contribution < -0.4 is 9.80 Å². The van der Waals surface area contributed by atoms with E-state index >= 15 is 0 Å². The number of para-hydroxylation sites is 1. The topological polar surface area (TPSA) is 58.6 Å². The summed E-state index contributed by atoms with van der Waals surface area (Å²) >= 11 is 0. The maximum absolute atomic E-state index is 12.4. The number of anilines is 2. The van der Waals surface area contributed by atoms with E-state index in [0.29, 0.717) is 25.6 Å². The number of hydrogen-bond donors (Lipinski definition) is 0. The van der Waals surface area contributed by atoms with Crippen molar-refractivity contribution in [3.63, 3.8) is 0 Å². The largest absolute Gasteiger partial charge is 0.464 e. The fraction of sp³-hybridized carbons (Fsp3) is 0.421. The van der Waals surface area contributed by atoms with E-state index in [1.165, 1.54) is 0 Å². The molecular weight excluding hydrogens is 316 g/mol. The highest BCUT2D eigenvalue weighted by Gasteiger charge is 2.28. The Bertz CT molecular complexity index is 666. The van der Waals surface area contributed by atoms with Crippen LogP contribution in [0.15, 0.2) is 48.8 Å². The van der Waals surface area contributed by atoms with Gasteiger partial charge in [0.1, 0.15) is 6.61 Å². The number of ether oxygens (including phenoxy) is 1. The first-order valence-electron chi connectivity index (χ1n) is 8.69. The number of aromatic nitrogens is 2. The third-order valence-electron chi connectivity index (χ3n) is 4.46. The minimum atomic E-state index is -0.123. The molecule has 1 aliphatic rings. The Balaban J connectivity index is 1.46. The highest BCUT2D eigenvalue weighted by atomic mass is 16.5. The smallest absolute Gasteiger partial charge is 0.310 e. The summed E-state index contributed by atoms with van der Waals surface area (Å²) in [6, 6.07) is 11.9. The second kappa shape index (κ2) is 8.46. The molecule has 3 rings (SSSR count). The van der Waals surface area contributed by atoms with Gasteiger partial charge < -0.3 is 14.5 Å². The maximum Gasteiger partial charge on any atom is 0.310 e. The van der Waals surface area contributed by atoms with Crippen molar-refractivity contribution in [1.29, 1.82) is 0 Å². The lowest BCUT2D eigenvalue weighted by Gasteiger charge is -2.31. The Morgan fingerprint density at radius 3 is 2.76 bits per heavy atom. The van der Waals surface area contributed by atoms with Crippen LogP contribution >= 0.6 is 0 Å². The lowest BCUT2D eigenvalue weighted by Crippen LogP contribution is -2.40. The average molecular weight is 340 g/mol. The van der Waals surface area contributed by atoms with Crippen LogP contribution in [0.5, 0.6) is 0 Å². The van der Waals surface area contributed by atoms with Crippen LogP contribution in [-0.2, 0) is 9.53 Å². The minimum Gasteiger partial charge on any atom is -0.464 e. The zero-order valence-corrected chi connectivity index (χ0v) is 14.5. The second-order valence-corrected chi connectivity index (χ2v) is 6.26. The first-order valence-corrected chi connectivity index (χ1v) is 8.69. The van der Waals surface area contributed by atoms with Crippen molar-refractivity contribution in [2.24, 2.45) is 5.92 Å². The summed E-state index contributed by atoms with van der Waals surface area (Å²) in [5, 5.41) is 0. The van der Waals surface area contributed by atoms with E-state index < -0.39 is 0 Å². The van der Waals surface area contributed by atoms with Crippen LogP contribution in [-0.4, -0.2) is 49.2 Å². The Morgan fingerprint density at radius 2 is 2.00 bits per heavy atom. The first-order chi connectivity index (χ1) is 12.2. The van der Waals surface area contributed by atoms with Crippen LogP contribution in [0, 0.1) is 5.92 Å². The quantitative estimate of drug-likeness (QED) is 0.753. The molecule has 2 aromatic rings. The molecule has 1 aromatic heterocycles. The van der Waals surface area contributed by atoms with Crippen LogP contribution in [0.3, 0.4) is 0 Å². The van der Waals surface area contributed by atoms with Crippen molar-refractivity contribution >= 4 is 17.6 Å². The molecular formula is C19H24N4O2. The predicted octanol–water partition coefficient (Wildman–Crippen LogP) is 2.37. The SMILES string of the molecule is CN(CCOC(=O)C1CCCN(c2ncccn2)C1)c1ccccc1. The van der Waals surface area contributed by atoms with E-state index in [0.717, 1.165) is 25.1 Å². The Morgan fingerprint density at radius 1 is 1.24 bits per heavy atom. The Kier molecular flexibility index (Phi) is 5.82. The summed E-state index contributed by atoms with van der Waals surface area (Å²) in [7, 11) is 2.00. The molecule has 1 aromatic carbocycles. The van der Waals surface area contributed by atoms with Crippen molar-refractivity contribution in [2.45, 2.75) is 12.8 Å². The predicted molar refractivity (Wildman–Crippen MR) is 97.6 cm³/mol. The van der Waals surface area contributed by atoms with Gasteiger partial charge in [0.2, 0.25) is 5.95 Å². The fourth-order valence-electron chi connectivity index (χ4n) is 3.02. The molecule has 6 nitrogen and oxygen atoms in total. The number of nitrogens with zero attached hydrogens (tertiary/aromatic N) is 4. The van der Waals surface area contributed by atoms with E-state index in [9.17, 15) is 4.79 Å². The molecule has 0 N–H and O–H groups in total. The van der Waals surface area contributed by atoms with Crippen LogP contribution in [0.2, 0.25) is 0 Å². The lowest BCUT2D eigenvalue weighted by molar-refractivity contribution is -0.148. The van der Waals surface area contributed by atoms with Gasteiger partial charge in [-0.1, -0.05) is 18.2 Å². The number of rotatable bonds is 6. The molecule has 132 valence electrons. The third kappa shape index (κ3) is 4.68. The molecule has 1 fully saturated rings. The molecule has 6 heteroatoms. The maximum atomic E-state index is 12.4. The van der Waals surface area contributed by atoms with Gasteiger partial charge in [-0.05, 0) is 31.0 Å². The van der Waals surface area contributed by atoms with Crippen LogP contribution in [0.4, 0.5) is 11.6 Å². The second-order valence-electron chi connectivity index (χ2n) is 6.26. The Hall–Kier alpha value is -2.63. The number of hydrogen-bond acceptors (Lipinski definition) is 6. The minimum absolute atomic E-state index is 0.111. The number of benzene rings is 1. The summed E-state index contributed by atoms with van der Waals surface area (Å²) < 4.78 is 5.51. The standard InChI is InChI=1S/C19H24N4O2/c1-22(17-8-3-2-4-9-17)13-14-25-18(24)16-7-5-12-23(15-16)19-20-10-6-11-21-19/h2-4,6,8-11,16H,5,7,12-15H2,1H3. The van der Waals surface area contributed by atoms with Gasteiger partial charge in [-0.15, -0.1) is 0 Å². The summed E-state index contributed by atoms with van der Waals surface area (Å²) in [5.74, 6) is 0.450. The van der Waals surface area contributed by atoms with Gasteiger partial charge in [0.15, 0.2) is 0 Å². The molecule has 1 saturated heterocycles. The monoisotopic (exact) mass is 340 g/mol. The molecule has 0 bridgehead atoms. The fourth-order valence-corrected chi connectivity index (χ4v) is 3.02. The number of esters is 1. The molecule has 1 atom stereocenters. The van der Waals surface area contributed by atoms with Gasteiger partial charge in [-0.3, -0.25) is 4.79 Å². The number of carbonyl (C=O) groups excluding carboxylic acids is 1. The molecule has 0 amide bonds. The molecule has 0 spiro atoms. The zero-order chi connectivity index (χ0) is 17.5. The van der Waals surface area contributed by atoms with Gasteiger partial charge in [0, 0.05) is 38.2 Å². The normalized spacial score (nSPS) is 17.2. The summed E-state index contributed by atoms with van der Waals surface area (Å²) in [6.07, 6.45) is 5.26. The summed E-state index contributed by atoms with van der Waals surface area (Å²) in [5.41, 5.74) is 1.11. The lowest BCUT2D eigenvalue weighted by atomic mass is 9.98. The highest BCUT2D eigenvalue weighted by molar-refractivity contribution is 5.73. The summed E-state index contributed by atoms with van der Waals surface area (Å²) in [4.78, 5) is 25.1. The highest BCUT2D eigenvalue weighted by Crippen LogP contribution is 2.21. The van der Waals surface area contributed by atoms with Crippen molar-refractivity contribution in [3.05, 3.63) is 48.8 Å². The van der Waals surface area contributed by atoms with Gasteiger partial charge in [-0.2, -0.15) is 0 Å². The van der Waals surface area contributed by atoms with Gasteiger partial charge in [0.05, 0.1) is 12.5 Å². The van der Waals surface area contributed by atoms with Gasteiger partial charge in [-0.25, -0.2) is 9.97 Å². The number of carbonyl (C=O) groups is 1. The zero-order valence-electron chi connectivity index (χ0n) is 14.5. The van der Waals surface area contributed by atoms with Crippen LogP contribution in [0.25, 0.3) is 0 Å². The molecule has 0 aliphatic carbocycles. The van der Waals surface area contributed by atoms with Crippen molar-refractivity contribution < 1.29 is 9.53 Å². The van der Waals surface area contributed by atoms with Gasteiger partial charge in [0.25, 0.3) is 0 Å². The molecule has 0 saturated carbocycles. The molecule has 0 radical (unpaired) electrons. The van der Waals surface area contributed by atoms with Gasteiger partial charge >= 0.3 is 5.97 Å². The summed E-state index contributed by atoms with van der Waals surface area (Å²) in [6.45, 7) is 2.57. The van der Waals surface area contributed by atoms with E-state index in [2.05, 4.69) is 19.8 Å². The van der Waals surface area contributed by atoms with E-state index in [1.807, 2.05) is 37.4 Å². The van der Waals surface area contributed by atoms with E-state index in [1.54, 1.807) is 18.5 Å². The van der Waals surface area contributed by atoms with Crippen molar-refractivity contribution in [1.82, 2.24) is 9.97 Å². The number of piperidine rings is 1. The molecule has 2 heterocycles. The third-order valence-corrected chi connectivity index (χ3v) is 4.46. The Labute approximate surface area is 148 Å². The van der Waals surface area contributed by atoms with E-state index in [4.69, 9.17) is 4.74 Å². The van der Waals surface area contributed by atoms with Crippen molar-refractivity contribution in [3.8, 4) is 0 Å². The number of likely N-dealkylation sites (N-methyl/N-ethyl adjacent to an activating group) is 1. The molecule has 1 aliphatic heterocycles. The average Bonchev–Trinajstić information content (AvgIpc) is 2.69. The van der Waals surface area contributed by atoms with E-state index in [-0.39, 0.29) is 11.9 Å². The van der Waals surface area contributed by atoms with Crippen molar-refractivity contribution in [2.75, 3.05) is 43.1 Å². The first kappa shape index (κ1) is 17.2.